The van der Waals surface area contributed by atoms with Crippen LogP contribution in [0.15, 0.2) is 71.9 Å². The fourth-order valence-corrected chi connectivity index (χ4v) is 5.33. The molecule has 3 N–H and O–H groups in total. The number of aliphatic imine (C=N–C) groups is 1. The van der Waals surface area contributed by atoms with Crippen LogP contribution in [0, 0.1) is 5.41 Å². The monoisotopic (exact) mass is 815 g/mol. The summed E-state index contributed by atoms with van der Waals surface area (Å²) in [6.07, 6.45) is 16.7. The maximum atomic E-state index is 11.7. The van der Waals surface area contributed by atoms with Crippen molar-refractivity contribution in [1.29, 1.82) is 5.41 Å². The van der Waals surface area contributed by atoms with Crippen LogP contribution < -0.4 is 10.6 Å². The molecule has 1 heterocycles. The standard InChI is InChI=1S/C14H19Cl.C12H15N3O.C11H20N2O2.C2H5N.4C2H6/c1-4-11(3)6-7-13-8-9-14(15)10-12(13)5-2;1-3-15(9-13-2)8-11-5-4-6-12(7-11)14-10-16;14-11(13-8-6-12-7-9-13)15-10-4-2-1-3-5-10;1-2-3;4*1-2/h6,8-10H,4-5,7H2,1-3H3;3-7,9-10H,1,8H2,2H3,(H,14,16);10,12H,1-9H2;2-3H,1H3;4*1-2H3/b11-6+;;;;;;;. The van der Waals surface area contributed by atoms with E-state index in [1.54, 1.807) is 26.5 Å². The fourth-order valence-electron chi connectivity index (χ4n) is 5.14. The Morgan fingerprint density at radius 1 is 1.00 bits per heavy atom. The van der Waals surface area contributed by atoms with Crippen molar-refractivity contribution in [2.45, 2.75) is 147 Å². The molecule has 0 radical (unpaired) electrons. The Hall–Kier alpha value is -3.95. The van der Waals surface area contributed by atoms with Crippen molar-refractivity contribution in [3.8, 4) is 0 Å². The number of nitrogens with zero attached hydrogens (tertiary/aromatic N) is 3. The molecule has 57 heavy (non-hydrogen) atoms. The number of benzene rings is 2. The molecule has 1 aliphatic heterocycles. The van der Waals surface area contributed by atoms with E-state index in [4.69, 9.17) is 21.7 Å². The van der Waals surface area contributed by atoms with E-state index < -0.39 is 0 Å². The number of anilines is 1. The van der Waals surface area contributed by atoms with Gasteiger partial charge in [-0.25, -0.2) is 4.79 Å². The molecule has 2 aromatic carbocycles. The lowest BCUT2D eigenvalue weighted by Gasteiger charge is -2.29. The van der Waals surface area contributed by atoms with E-state index in [0.717, 1.165) is 74.6 Å². The highest BCUT2D eigenvalue weighted by Crippen LogP contribution is 2.21. The van der Waals surface area contributed by atoms with E-state index in [1.807, 2.05) is 95.5 Å². The molecular formula is C47H83ClN6O3. The zero-order chi connectivity index (χ0) is 44.3. The molecule has 0 bridgehead atoms. The topological polar surface area (TPSA) is 110 Å². The highest BCUT2D eigenvalue weighted by atomic mass is 35.5. The molecule has 2 aromatic rings. The quantitative estimate of drug-likeness (QED) is 0.0905. The van der Waals surface area contributed by atoms with Crippen LogP contribution in [0.1, 0.15) is 138 Å². The first kappa shape index (κ1) is 59.7. The minimum Gasteiger partial charge on any atom is -0.446 e. The Labute approximate surface area is 355 Å². The molecular weight excluding hydrogens is 732 g/mol. The van der Waals surface area contributed by atoms with Crippen molar-refractivity contribution in [2.75, 3.05) is 38.5 Å². The van der Waals surface area contributed by atoms with Gasteiger partial charge in [-0.2, -0.15) is 0 Å². The van der Waals surface area contributed by atoms with E-state index in [2.05, 4.69) is 61.2 Å². The number of halogens is 1. The number of nitrogens with one attached hydrogen (secondary N) is 3. The molecule has 4 rings (SSSR count). The zero-order valence-corrected chi connectivity index (χ0v) is 39.1. The normalized spacial score (nSPS) is 12.9. The highest BCUT2D eigenvalue weighted by molar-refractivity contribution is 6.30. The fraction of sp³-hybridized carbons (Fsp3) is 0.574. The predicted octanol–water partition coefficient (Wildman–Crippen LogP) is 12.8. The number of allylic oxidation sites excluding steroid dienone is 2. The number of hydrogen-bond donors (Lipinski definition) is 3. The lowest BCUT2D eigenvalue weighted by atomic mass is 9.98. The summed E-state index contributed by atoms with van der Waals surface area (Å²) in [6.45, 7) is 31.9. The minimum atomic E-state index is -0.108. The Balaban J connectivity index is -0.000000328. The number of rotatable bonds is 11. The van der Waals surface area contributed by atoms with Gasteiger partial charge < -0.3 is 30.6 Å². The number of carbonyl (C=O) groups excluding carboxylic acids is 2. The average molecular weight is 816 g/mol. The van der Waals surface area contributed by atoms with E-state index in [9.17, 15) is 9.59 Å². The molecule has 1 saturated carbocycles. The van der Waals surface area contributed by atoms with Gasteiger partial charge in [-0.1, -0.05) is 124 Å². The van der Waals surface area contributed by atoms with Crippen LogP contribution in [0.25, 0.3) is 0 Å². The smallest absolute Gasteiger partial charge is 0.410 e. The molecule has 2 fully saturated rings. The summed E-state index contributed by atoms with van der Waals surface area (Å²) in [5.41, 5.74) is 6.07. The molecule has 2 amide bonds. The third kappa shape index (κ3) is 31.8. The average Bonchev–Trinajstić information content (AvgIpc) is 3.27. The van der Waals surface area contributed by atoms with E-state index in [-0.39, 0.29) is 12.2 Å². The van der Waals surface area contributed by atoms with Gasteiger partial charge in [-0.05, 0) is 112 Å². The summed E-state index contributed by atoms with van der Waals surface area (Å²) in [4.78, 5) is 29.6. The summed E-state index contributed by atoms with van der Waals surface area (Å²) >= 11 is 5.97. The van der Waals surface area contributed by atoms with Crippen molar-refractivity contribution in [3.05, 3.63) is 88.6 Å². The molecule has 0 aromatic heterocycles. The number of amides is 2. The molecule has 9 nitrogen and oxygen atoms in total. The first-order valence-corrected chi connectivity index (χ1v) is 21.8. The molecule has 326 valence electrons. The van der Waals surface area contributed by atoms with Crippen molar-refractivity contribution in [2.24, 2.45) is 4.99 Å². The van der Waals surface area contributed by atoms with E-state index in [0.29, 0.717) is 13.0 Å². The molecule has 0 spiro atoms. The zero-order valence-electron chi connectivity index (χ0n) is 38.3. The van der Waals surface area contributed by atoms with Crippen LogP contribution in [-0.2, 0) is 28.9 Å². The van der Waals surface area contributed by atoms with Crippen LogP contribution in [0.4, 0.5) is 10.5 Å². The number of hydrogen-bond acceptors (Lipinski definition) is 6. The summed E-state index contributed by atoms with van der Waals surface area (Å²) in [5.74, 6) is 0. The Bertz CT molecular complexity index is 1310. The van der Waals surface area contributed by atoms with Gasteiger partial charge in [0.1, 0.15) is 6.10 Å². The SMILES string of the molecule is C=CN(C=NC)Cc1cccc(NC=O)c1.CC.CC.CC.CC.CC/C(C)=C/Cc1ccc(Cl)cc1CC.CC=N.O=C(OC1CCCCC1)N1CCNCC1. The van der Waals surface area contributed by atoms with Gasteiger partial charge >= 0.3 is 6.09 Å². The predicted molar refractivity (Wildman–Crippen MR) is 253 cm³/mol. The Morgan fingerprint density at radius 3 is 2.11 bits per heavy atom. The summed E-state index contributed by atoms with van der Waals surface area (Å²) < 4.78 is 5.49. The van der Waals surface area contributed by atoms with Crippen LogP contribution in [-0.4, -0.2) is 74.2 Å². The number of piperazine rings is 1. The van der Waals surface area contributed by atoms with Crippen LogP contribution >= 0.6 is 11.6 Å². The third-order valence-electron chi connectivity index (χ3n) is 7.99. The maximum absolute atomic E-state index is 11.7. The van der Waals surface area contributed by atoms with Crippen molar-refractivity contribution in [3.63, 3.8) is 0 Å². The van der Waals surface area contributed by atoms with Crippen molar-refractivity contribution in [1.82, 2.24) is 15.1 Å². The van der Waals surface area contributed by atoms with Gasteiger partial charge in [0.25, 0.3) is 0 Å². The van der Waals surface area contributed by atoms with Crippen LogP contribution in [0.2, 0.25) is 5.02 Å². The van der Waals surface area contributed by atoms with Crippen molar-refractivity contribution < 1.29 is 14.3 Å². The summed E-state index contributed by atoms with van der Waals surface area (Å²) in [7, 11) is 1.71. The number of carbonyl (C=O) groups is 2. The van der Waals surface area contributed by atoms with Gasteiger partial charge in [-0.3, -0.25) is 9.79 Å². The molecule has 10 heteroatoms. The second-order valence-corrected chi connectivity index (χ2v) is 12.2. The van der Waals surface area contributed by atoms with E-state index >= 15 is 0 Å². The Morgan fingerprint density at radius 2 is 1.60 bits per heavy atom. The second-order valence-electron chi connectivity index (χ2n) is 11.7. The minimum absolute atomic E-state index is 0.108. The molecule has 0 atom stereocenters. The summed E-state index contributed by atoms with van der Waals surface area (Å²) in [5, 5.41) is 12.8. The Kier molecular flexibility index (Phi) is 46.9. The molecule has 2 aliphatic rings. The summed E-state index contributed by atoms with van der Waals surface area (Å²) in [6, 6.07) is 13.8. The lowest BCUT2D eigenvalue weighted by molar-refractivity contribution is -0.105. The van der Waals surface area contributed by atoms with Crippen LogP contribution in [0.3, 0.4) is 0 Å². The van der Waals surface area contributed by atoms with Crippen LogP contribution in [0.5, 0.6) is 0 Å². The second kappa shape index (κ2) is 44.8. The van der Waals surface area contributed by atoms with Gasteiger partial charge in [0.05, 0.1) is 6.34 Å². The van der Waals surface area contributed by atoms with Gasteiger partial charge in [0.15, 0.2) is 0 Å². The largest absolute Gasteiger partial charge is 0.446 e. The number of aryl methyl sites for hydroxylation is 1. The highest BCUT2D eigenvalue weighted by Gasteiger charge is 2.22. The molecule has 1 saturated heterocycles. The van der Waals surface area contributed by atoms with Gasteiger partial charge in [0, 0.05) is 50.5 Å². The van der Waals surface area contributed by atoms with Crippen molar-refractivity contribution >= 4 is 42.3 Å². The first-order valence-electron chi connectivity index (χ1n) is 21.4. The molecule has 0 unspecified atom stereocenters. The third-order valence-corrected chi connectivity index (χ3v) is 8.22. The van der Waals surface area contributed by atoms with E-state index in [1.165, 1.54) is 42.2 Å². The molecule has 1 aliphatic carbocycles. The number of ether oxygens (including phenoxy) is 1. The maximum Gasteiger partial charge on any atom is 0.410 e. The van der Waals surface area contributed by atoms with Gasteiger partial charge in [-0.15, -0.1) is 0 Å². The first-order chi connectivity index (χ1) is 27.7. The lowest BCUT2D eigenvalue weighted by Crippen LogP contribution is -2.47. The van der Waals surface area contributed by atoms with Gasteiger partial charge in [0.2, 0.25) is 6.41 Å².